The summed E-state index contributed by atoms with van der Waals surface area (Å²) in [5, 5.41) is 10.2. The van der Waals surface area contributed by atoms with Gasteiger partial charge in [0.25, 0.3) is 0 Å². The summed E-state index contributed by atoms with van der Waals surface area (Å²) in [6.45, 7) is 4.55. The Hall–Kier alpha value is -1.77. The highest BCUT2D eigenvalue weighted by atomic mass is 16.4. The van der Waals surface area contributed by atoms with Crippen molar-refractivity contribution in [2.45, 2.75) is 116 Å². The Labute approximate surface area is 183 Å². The van der Waals surface area contributed by atoms with Crippen molar-refractivity contribution >= 4 is 16.9 Å². The van der Waals surface area contributed by atoms with Gasteiger partial charge in [-0.05, 0) is 35.9 Å². The molecule has 168 valence electrons. The van der Waals surface area contributed by atoms with Crippen LogP contribution in [0.1, 0.15) is 132 Å². The Bertz CT molecular complexity index is 734. The highest BCUT2D eigenvalue weighted by molar-refractivity contribution is 5.93. The molecule has 0 fully saturated rings. The smallest absolute Gasteiger partial charge is 0.335 e. The molecule has 0 amide bonds. The highest BCUT2D eigenvalue weighted by Gasteiger charge is 2.11. The second kappa shape index (κ2) is 14.3. The van der Waals surface area contributed by atoms with Crippen LogP contribution in [0, 0.1) is 0 Å². The summed E-state index contributed by atoms with van der Waals surface area (Å²) >= 11 is 0. The van der Waals surface area contributed by atoms with Gasteiger partial charge in [0.2, 0.25) is 0 Å². The molecule has 0 aliphatic carbocycles. The summed E-state index contributed by atoms with van der Waals surface area (Å²) in [6, 6.07) is 7.49. The minimum Gasteiger partial charge on any atom is -0.478 e. The third kappa shape index (κ3) is 8.93. The summed E-state index contributed by atoms with van der Waals surface area (Å²) in [5.74, 6) is -0.383. The van der Waals surface area contributed by atoms with Crippen molar-refractivity contribution in [1.82, 2.24) is 4.98 Å². The number of hydrogen-bond donors (Lipinski definition) is 2. The largest absolute Gasteiger partial charge is 0.478 e. The number of carbonyl (C=O) groups is 1. The van der Waals surface area contributed by atoms with E-state index in [1.807, 2.05) is 6.07 Å². The number of rotatable bonds is 17. The quantitative estimate of drug-likeness (QED) is 0.254. The number of unbranched alkanes of at least 4 members (excludes halogenated alkanes) is 13. The molecule has 0 bridgehead atoms. The zero-order valence-corrected chi connectivity index (χ0v) is 19.3. The van der Waals surface area contributed by atoms with Gasteiger partial charge in [-0.2, -0.15) is 0 Å². The van der Waals surface area contributed by atoms with Crippen LogP contribution in [0.2, 0.25) is 0 Å². The van der Waals surface area contributed by atoms with Gasteiger partial charge in [-0.15, -0.1) is 0 Å². The predicted octanol–water partition coefficient (Wildman–Crippen LogP) is 8.84. The maximum Gasteiger partial charge on any atom is 0.335 e. The lowest BCUT2D eigenvalue weighted by molar-refractivity contribution is 0.0697. The van der Waals surface area contributed by atoms with Crippen molar-refractivity contribution in [3.05, 3.63) is 35.5 Å². The first-order chi connectivity index (χ1) is 14.6. The number of carboxylic acid groups (broad SMARTS) is 1. The summed E-state index contributed by atoms with van der Waals surface area (Å²) in [6.07, 6.45) is 20.7. The molecule has 0 saturated carbocycles. The van der Waals surface area contributed by atoms with E-state index < -0.39 is 5.97 Å². The average molecular weight is 414 g/mol. The number of aromatic amines is 1. The first-order valence-corrected chi connectivity index (χ1v) is 12.5. The molecule has 3 heteroatoms. The molecular weight excluding hydrogens is 370 g/mol. The number of nitrogens with one attached hydrogen (secondary N) is 1. The van der Waals surface area contributed by atoms with Gasteiger partial charge in [0.1, 0.15) is 0 Å². The molecule has 2 rings (SSSR count). The van der Waals surface area contributed by atoms with Crippen LogP contribution in [0.4, 0.5) is 0 Å². The molecular formula is C27H43NO2. The molecule has 0 aliphatic heterocycles. The number of H-pyrrole nitrogens is 1. The second-order valence-electron chi connectivity index (χ2n) is 9.12. The molecule has 3 nitrogen and oxygen atoms in total. The molecule has 1 aromatic carbocycles. The van der Waals surface area contributed by atoms with E-state index in [2.05, 4.69) is 24.9 Å². The van der Waals surface area contributed by atoms with E-state index in [0.717, 1.165) is 10.9 Å². The zero-order chi connectivity index (χ0) is 21.6. The van der Waals surface area contributed by atoms with Crippen LogP contribution in [0.3, 0.4) is 0 Å². The van der Waals surface area contributed by atoms with E-state index in [0.29, 0.717) is 11.5 Å². The van der Waals surface area contributed by atoms with E-state index in [1.54, 1.807) is 12.1 Å². The molecule has 2 N–H and O–H groups in total. The number of fused-ring (bicyclic) bond motifs is 1. The predicted molar refractivity (Wildman–Crippen MR) is 129 cm³/mol. The molecule has 30 heavy (non-hydrogen) atoms. The van der Waals surface area contributed by atoms with Gasteiger partial charge in [-0.1, -0.05) is 110 Å². The van der Waals surface area contributed by atoms with Gasteiger partial charge in [0, 0.05) is 11.2 Å². The van der Waals surface area contributed by atoms with Gasteiger partial charge < -0.3 is 10.1 Å². The van der Waals surface area contributed by atoms with Gasteiger partial charge in [0.05, 0.1) is 5.56 Å². The van der Waals surface area contributed by atoms with Crippen molar-refractivity contribution in [3.63, 3.8) is 0 Å². The maximum absolute atomic E-state index is 11.1. The molecule has 1 unspecified atom stereocenters. The third-order valence-electron chi connectivity index (χ3n) is 6.41. The molecule has 1 aromatic heterocycles. The van der Waals surface area contributed by atoms with Crippen LogP contribution in [-0.2, 0) is 0 Å². The van der Waals surface area contributed by atoms with Crippen LogP contribution in [-0.4, -0.2) is 16.1 Å². The SMILES string of the molecule is CCCCCCCCCCCCCCCCC(C)c1cc2ccc(C(=O)O)cc2[nH]1. The summed E-state index contributed by atoms with van der Waals surface area (Å²) < 4.78 is 0. The Morgan fingerprint density at radius 1 is 0.833 bits per heavy atom. The van der Waals surface area contributed by atoms with Gasteiger partial charge in [0.15, 0.2) is 0 Å². The highest BCUT2D eigenvalue weighted by Crippen LogP contribution is 2.26. The van der Waals surface area contributed by atoms with Crippen molar-refractivity contribution in [1.29, 1.82) is 0 Å². The fourth-order valence-corrected chi connectivity index (χ4v) is 4.35. The average Bonchev–Trinajstić information content (AvgIpc) is 3.17. The number of benzene rings is 1. The molecule has 0 radical (unpaired) electrons. The molecule has 0 spiro atoms. The van der Waals surface area contributed by atoms with Gasteiger partial charge in [-0.25, -0.2) is 4.79 Å². The minimum atomic E-state index is -0.872. The number of carboxylic acids is 1. The number of aromatic nitrogens is 1. The Balaban J connectivity index is 1.50. The number of hydrogen-bond acceptors (Lipinski definition) is 1. The normalized spacial score (nSPS) is 12.5. The van der Waals surface area contributed by atoms with E-state index in [1.165, 1.54) is 102 Å². The van der Waals surface area contributed by atoms with E-state index >= 15 is 0 Å². The van der Waals surface area contributed by atoms with Crippen molar-refractivity contribution < 1.29 is 9.90 Å². The standard InChI is InChI=1S/C27H43NO2/c1-3-4-5-6-7-8-9-10-11-12-13-14-15-16-17-22(2)25-20-23-18-19-24(27(29)30)21-26(23)28-25/h18-22,28H,3-17H2,1-2H3,(H,29,30). The molecule has 0 saturated heterocycles. The van der Waals surface area contributed by atoms with Gasteiger partial charge >= 0.3 is 5.97 Å². The molecule has 1 atom stereocenters. The van der Waals surface area contributed by atoms with Crippen LogP contribution in [0.25, 0.3) is 10.9 Å². The molecule has 1 heterocycles. The zero-order valence-electron chi connectivity index (χ0n) is 19.3. The van der Waals surface area contributed by atoms with Crippen molar-refractivity contribution in [2.24, 2.45) is 0 Å². The first-order valence-electron chi connectivity index (χ1n) is 12.5. The van der Waals surface area contributed by atoms with Crippen LogP contribution >= 0.6 is 0 Å². The van der Waals surface area contributed by atoms with E-state index in [4.69, 9.17) is 5.11 Å². The Morgan fingerprint density at radius 3 is 1.90 bits per heavy atom. The molecule has 0 aliphatic rings. The maximum atomic E-state index is 11.1. The van der Waals surface area contributed by atoms with Crippen LogP contribution in [0.15, 0.2) is 24.3 Å². The monoisotopic (exact) mass is 413 g/mol. The molecule has 2 aromatic rings. The van der Waals surface area contributed by atoms with Crippen LogP contribution < -0.4 is 0 Å². The summed E-state index contributed by atoms with van der Waals surface area (Å²) in [5.41, 5.74) is 2.50. The Kier molecular flexibility index (Phi) is 11.7. The lowest BCUT2D eigenvalue weighted by atomic mass is 9.98. The van der Waals surface area contributed by atoms with E-state index in [-0.39, 0.29) is 0 Å². The van der Waals surface area contributed by atoms with Crippen LogP contribution in [0.5, 0.6) is 0 Å². The van der Waals surface area contributed by atoms with Crippen molar-refractivity contribution in [2.75, 3.05) is 0 Å². The van der Waals surface area contributed by atoms with E-state index in [9.17, 15) is 4.79 Å². The lowest BCUT2D eigenvalue weighted by Gasteiger charge is -2.09. The van der Waals surface area contributed by atoms with Crippen molar-refractivity contribution in [3.8, 4) is 0 Å². The fraction of sp³-hybridized carbons (Fsp3) is 0.667. The Morgan fingerprint density at radius 2 is 1.37 bits per heavy atom. The third-order valence-corrected chi connectivity index (χ3v) is 6.41. The topological polar surface area (TPSA) is 53.1 Å². The first kappa shape index (κ1) is 24.5. The summed E-state index contributed by atoms with van der Waals surface area (Å²) in [7, 11) is 0. The number of aromatic carboxylic acids is 1. The fourth-order valence-electron chi connectivity index (χ4n) is 4.35. The lowest BCUT2D eigenvalue weighted by Crippen LogP contribution is -1.95. The minimum absolute atomic E-state index is 0.343. The summed E-state index contributed by atoms with van der Waals surface area (Å²) in [4.78, 5) is 14.6. The van der Waals surface area contributed by atoms with Gasteiger partial charge in [-0.3, -0.25) is 0 Å². The second-order valence-corrected chi connectivity index (χ2v) is 9.12.